The van der Waals surface area contributed by atoms with Gasteiger partial charge in [0, 0.05) is 44.5 Å². The lowest BCUT2D eigenvalue weighted by Crippen LogP contribution is -2.53. The van der Waals surface area contributed by atoms with Crippen molar-refractivity contribution in [2.45, 2.75) is 18.6 Å². The van der Waals surface area contributed by atoms with Gasteiger partial charge in [-0.1, -0.05) is 12.1 Å². The molecule has 1 amide bonds. The Kier molecular flexibility index (Phi) is 6.68. The number of piperazine rings is 1. The third-order valence-electron chi connectivity index (χ3n) is 7.23. The summed E-state index contributed by atoms with van der Waals surface area (Å²) in [6.07, 6.45) is 1.73. The van der Waals surface area contributed by atoms with E-state index < -0.39 is 6.67 Å². The van der Waals surface area contributed by atoms with Crippen LogP contribution in [-0.2, 0) is 11.3 Å². The van der Waals surface area contributed by atoms with Gasteiger partial charge < -0.3 is 19.9 Å². The molecule has 0 bridgehead atoms. The number of nitrogens with one attached hydrogen (secondary N) is 1. The molecule has 0 aliphatic carbocycles. The second kappa shape index (κ2) is 10.4. The van der Waals surface area contributed by atoms with Gasteiger partial charge in [0.05, 0.1) is 42.6 Å². The van der Waals surface area contributed by atoms with Crippen molar-refractivity contribution >= 4 is 17.4 Å². The molecule has 4 aromatic rings. The summed E-state index contributed by atoms with van der Waals surface area (Å²) < 4.78 is 23.1. The lowest BCUT2D eigenvalue weighted by molar-refractivity contribution is -0.0278. The quantitative estimate of drug-likeness (QED) is 0.387. The Morgan fingerprint density at radius 2 is 2.03 bits per heavy atom. The van der Waals surface area contributed by atoms with Gasteiger partial charge in [0.1, 0.15) is 23.9 Å². The molecule has 2 aliphatic heterocycles. The number of halogens is 1. The lowest BCUT2D eigenvalue weighted by Gasteiger charge is -2.40. The summed E-state index contributed by atoms with van der Waals surface area (Å²) in [5.41, 5.74) is 3.61. The van der Waals surface area contributed by atoms with Crippen LogP contribution in [0.2, 0.25) is 0 Å². The van der Waals surface area contributed by atoms with Gasteiger partial charge in [-0.25, -0.2) is 9.37 Å². The van der Waals surface area contributed by atoms with Gasteiger partial charge in [0.15, 0.2) is 5.65 Å². The monoisotopic (exact) mass is 529 g/mol. The first-order valence-corrected chi connectivity index (χ1v) is 12.8. The van der Waals surface area contributed by atoms with Crippen LogP contribution < -0.4 is 10.2 Å². The van der Waals surface area contributed by atoms with Crippen LogP contribution in [0.15, 0.2) is 48.7 Å². The molecule has 11 nitrogen and oxygen atoms in total. The molecule has 6 rings (SSSR count). The van der Waals surface area contributed by atoms with Gasteiger partial charge in [-0.2, -0.15) is 20.0 Å². The maximum atomic E-state index is 14.2. The number of nitriles is 1. The summed E-state index contributed by atoms with van der Waals surface area (Å²) in [4.78, 5) is 22.0. The molecule has 1 N–H and O–H groups in total. The normalized spacial score (nSPS) is 18.2. The number of fused-ring (bicyclic) bond motifs is 1. The zero-order valence-electron chi connectivity index (χ0n) is 21.5. The van der Waals surface area contributed by atoms with Crippen molar-refractivity contribution in [1.82, 2.24) is 34.6 Å². The van der Waals surface area contributed by atoms with Crippen molar-refractivity contribution in [1.29, 1.82) is 5.26 Å². The predicted octanol–water partition coefficient (Wildman–Crippen LogP) is 2.06. The standard InChI is InChI=1S/C27H28FN9O2/c1-34-8-9-35(20(12-28)15-34)26-11-23(27(38)30-14-19-4-2-18(13-29)3-5-19)32-25-10-22(33-37(25)26)24-6-7-31-36(24)21-16-39-17-21/h2-7,10-11,20-21H,8-9,12,14-17H2,1H3,(H,30,38)/t20-/m1/s1. The van der Waals surface area contributed by atoms with Crippen molar-refractivity contribution in [3.63, 3.8) is 0 Å². The molecule has 2 saturated heterocycles. The maximum Gasteiger partial charge on any atom is 0.270 e. The Labute approximate surface area is 224 Å². The van der Waals surface area contributed by atoms with E-state index in [0.29, 0.717) is 49.0 Å². The molecule has 0 unspecified atom stereocenters. The number of anilines is 1. The number of amides is 1. The number of carbonyl (C=O) groups is 1. The average molecular weight is 530 g/mol. The summed E-state index contributed by atoms with van der Waals surface area (Å²) in [6.45, 7) is 2.83. The van der Waals surface area contributed by atoms with Crippen molar-refractivity contribution < 1.29 is 13.9 Å². The zero-order chi connectivity index (χ0) is 26.9. The highest BCUT2D eigenvalue weighted by atomic mass is 19.1. The van der Waals surface area contributed by atoms with E-state index in [9.17, 15) is 9.18 Å². The minimum Gasteiger partial charge on any atom is -0.377 e. The Hall–Kier alpha value is -4.34. The highest BCUT2D eigenvalue weighted by Gasteiger charge is 2.30. The Morgan fingerprint density at radius 1 is 1.21 bits per heavy atom. The molecule has 12 heteroatoms. The summed E-state index contributed by atoms with van der Waals surface area (Å²) in [5, 5.41) is 21.2. The average Bonchev–Trinajstić information content (AvgIpc) is 3.57. The number of benzene rings is 1. The fourth-order valence-corrected chi connectivity index (χ4v) is 4.99. The Balaban J connectivity index is 1.37. The topological polar surface area (TPSA) is 117 Å². The molecular formula is C27H28FN9O2. The van der Waals surface area contributed by atoms with Crippen molar-refractivity contribution in [2.24, 2.45) is 0 Å². The second-order valence-electron chi connectivity index (χ2n) is 9.91. The number of aromatic nitrogens is 5. The molecule has 39 heavy (non-hydrogen) atoms. The van der Waals surface area contributed by atoms with Gasteiger partial charge in [0.25, 0.3) is 5.91 Å². The molecule has 1 atom stereocenters. The van der Waals surface area contributed by atoms with Crippen LogP contribution in [0.3, 0.4) is 0 Å². The molecule has 0 saturated carbocycles. The van der Waals surface area contributed by atoms with Crippen LogP contribution in [0.4, 0.5) is 10.2 Å². The van der Waals surface area contributed by atoms with Gasteiger partial charge in [-0.05, 0) is 30.8 Å². The highest BCUT2D eigenvalue weighted by Crippen LogP contribution is 2.29. The number of carbonyl (C=O) groups excluding carboxylic acids is 1. The molecule has 0 radical (unpaired) electrons. The number of hydrogen-bond acceptors (Lipinski definition) is 8. The zero-order valence-corrected chi connectivity index (χ0v) is 21.5. The molecule has 2 fully saturated rings. The first-order chi connectivity index (χ1) is 19.0. The molecule has 3 aromatic heterocycles. The maximum absolute atomic E-state index is 14.2. The van der Waals surface area contributed by atoms with E-state index >= 15 is 0 Å². The molecular weight excluding hydrogens is 501 g/mol. The van der Waals surface area contributed by atoms with Crippen LogP contribution in [0.25, 0.3) is 17.0 Å². The van der Waals surface area contributed by atoms with E-state index in [-0.39, 0.29) is 30.2 Å². The SMILES string of the molecule is CN1CCN(c2cc(C(=O)NCc3ccc(C#N)cc3)nc3cc(-c4ccnn4C4COC4)nn23)[C@H](CF)C1. The van der Waals surface area contributed by atoms with Crippen LogP contribution >= 0.6 is 0 Å². The highest BCUT2D eigenvalue weighted by molar-refractivity contribution is 5.93. The van der Waals surface area contributed by atoms with Crippen molar-refractivity contribution in [3.05, 3.63) is 65.5 Å². The number of rotatable bonds is 7. The van der Waals surface area contributed by atoms with Crippen LogP contribution in [0.5, 0.6) is 0 Å². The Bertz CT molecular complexity index is 1540. The summed E-state index contributed by atoms with van der Waals surface area (Å²) >= 11 is 0. The number of likely N-dealkylation sites (N-methyl/N-ethyl adjacent to an activating group) is 1. The number of ether oxygens (including phenoxy) is 1. The lowest BCUT2D eigenvalue weighted by atomic mass is 10.1. The third-order valence-corrected chi connectivity index (χ3v) is 7.23. The van der Waals surface area contributed by atoms with E-state index in [0.717, 1.165) is 17.8 Å². The molecule has 0 spiro atoms. The van der Waals surface area contributed by atoms with E-state index in [1.165, 1.54) is 0 Å². The first-order valence-electron chi connectivity index (χ1n) is 12.8. The van der Waals surface area contributed by atoms with E-state index in [1.807, 2.05) is 28.8 Å². The van der Waals surface area contributed by atoms with E-state index in [4.69, 9.17) is 15.1 Å². The second-order valence-corrected chi connectivity index (χ2v) is 9.91. The number of hydrogen-bond donors (Lipinski definition) is 1. The smallest absolute Gasteiger partial charge is 0.270 e. The minimum absolute atomic E-state index is 0.143. The van der Waals surface area contributed by atoms with Crippen LogP contribution in [-0.4, -0.2) is 87.8 Å². The largest absolute Gasteiger partial charge is 0.377 e. The van der Waals surface area contributed by atoms with Crippen LogP contribution in [0, 0.1) is 11.3 Å². The molecule has 200 valence electrons. The summed E-state index contributed by atoms with van der Waals surface area (Å²) in [5.74, 6) is 0.261. The van der Waals surface area contributed by atoms with E-state index in [1.54, 1.807) is 41.0 Å². The van der Waals surface area contributed by atoms with Gasteiger partial charge in [-0.3, -0.25) is 9.48 Å². The Morgan fingerprint density at radius 3 is 2.74 bits per heavy atom. The van der Waals surface area contributed by atoms with Crippen molar-refractivity contribution in [3.8, 4) is 17.5 Å². The number of alkyl halides is 1. The third kappa shape index (κ3) is 4.82. The molecule has 2 aliphatic rings. The first kappa shape index (κ1) is 25.0. The number of nitrogens with zero attached hydrogens (tertiary/aromatic N) is 8. The summed E-state index contributed by atoms with van der Waals surface area (Å²) in [7, 11) is 1.97. The summed E-state index contributed by atoms with van der Waals surface area (Å²) in [6, 6.07) is 14.3. The fraction of sp³-hybridized carbons (Fsp3) is 0.370. The van der Waals surface area contributed by atoms with Gasteiger partial charge >= 0.3 is 0 Å². The van der Waals surface area contributed by atoms with Gasteiger partial charge in [0.2, 0.25) is 0 Å². The van der Waals surface area contributed by atoms with Crippen molar-refractivity contribution in [2.75, 3.05) is 51.5 Å². The predicted molar refractivity (Wildman–Crippen MR) is 141 cm³/mol. The molecule has 1 aromatic carbocycles. The van der Waals surface area contributed by atoms with E-state index in [2.05, 4.69) is 26.4 Å². The van der Waals surface area contributed by atoms with Gasteiger partial charge in [-0.15, -0.1) is 0 Å². The van der Waals surface area contributed by atoms with Crippen LogP contribution in [0.1, 0.15) is 27.7 Å². The fourth-order valence-electron chi connectivity index (χ4n) is 4.99. The molecule has 5 heterocycles. The minimum atomic E-state index is -0.531.